The Bertz CT molecular complexity index is 2140. The number of rotatable bonds is 12. The SMILES string of the molecule is CO/N=C(\C(=O)N[C@@H]1C(=O)N2C(C(=O)[O-])=C(C[n+]3ccc4n(Cc5c(F)cc(C(=N)NOC6CCNC6)cc5Cl)ccn43)CS[C@H]12)c1nsc(N)n1. The van der Waals surface area contributed by atoms with Crippen LogP contribution in [-0.4, -0.2) is 96.1 Å². The molecule has 52 heavy (non-hydrogen) atoms. The van der Waals surface area contributed by atoms with E-state index in [0.29, 0.717) is 17.8 Å². The summed E-state index contributed by atoms with van der Waals surface area (Å²) in [6, 6.07) is 3.44. The minimum atomic E-state index is -1.54. The maximum atomic E-state index is 15.4. The van der Waals surface area contributed by atoms with Crippen LogP contribution in [0.4, 0.5) is 9.52 Å². The number of carbonyl (C=O) groups is 3. The van der Waals surface area contributed by atoms with Crippen LogP contribution in [0.5, 0.6) is 0 Å². The summed E-state index contributed by atoms with van der Waals surface area (Å²) in [4.78, 5) is 54.0. The number of imidazole rings is 1. The number of aliphatic carboxylic acids is 1. The van der Waals surface area contributed by atoms with Gasteiger partial charge in [-0.3, -0.25) is 24.7 Å². The fourth-order valence-corrected chi connectivity index (χ4v) is 8.15. The van der Waals surface area contributed by atoms with Crippen LogP contribution in [0.3, 0.4) is 0 Å². The number of nitrogen functional groups attached to an aromatic ring is 1. The van der Waals surface area contributed by atoms with Gasteiger partial charge in [-0.05, 0) is 25.1 Å². The lowest BCUT2D eigenvalue weighted by atomic mass is 10.0. The number of nitrogens with two attached hydrogens (primary N) is 1. The summed E-state index contributed by atoms with van der Waals surface area (Å²) in [5, 5.41) is 29.6. The number of carbonyl (C=O) groups excluding carboxylic acids is 3. The zero-order valence-electron chi connectivity index (χ0n) is 27.2. The Balaban J connectivity index is 1.05. The molecule has 1 unspecified atom stereocenters. The number of aromatic nitrogens is 5. The molecule has 0 saturated carbocycles. The summed E-state index contributed by atoms with van der Waals surface area (Å²) in [6.07, 6.45) is 5.89. The normalized spacial score (nSPS) is 20.2. The summed E-state index contributed by atoms with van der Waals surface area (Å²) in [6.45, 7) is 1.63. The lowest BCUT2D eigenvalue weighted by Gasteiger charge is -2.50. The van der Waals surface area contributed by atoms with Gasteiger partial charge >= 0.3 is 0 Å². The van der Waals surface area contributed by atoms with Gasteiger partial charge in [0.05, 0.1) is 36.6 Å². The van der Waals surface area contributed by atoms with Crippen molar-refractivity contribution in [1.82, 2.24) is 39.5 Å². The van der Waals surface area contributed by atoms with Gasteiger partial charge in [-0.1, -0.05) is 16.8 Å². The topological polar surface area (TPSA) is 233 Å². The van der Waals surface area contributed by atoms with Crippen LogP contribution in [0.1, 0.15) is 23.4 Å². The minimum Gasteiger partial charge on any atom is -0.543 e. The number of nitrogens with zero attached hydrogens (tertiary/aromatic N) is 7. The first kappa shape index (κ1) is 35.3. The number of amidine groups is 1. The summed E-state index contributed by atoms with van der Waals surface area (Å²) in [5.74, 6) is -3.55. The van der Waals surface area contributed by atoms with Gasteiger partial charge < -0.3 is 35.7 Å². The smallest absolute Gasteiger partial charge is 0.278 e. The average Bonchev–Trinajstić information content (AvgIpc) is 3.94. The highest BCUT2D eigenvalue weighted by molar-refractivity contribution is 8.00. The third kappa shape index (κ3) is 6.67. The van der Waals surface area contributed by atoms with Gasteiger partial charge in [-0.2, -0.15) is 9.36 Å². The predicted octanol–water partition coefficient (Wildman–Crippen LogP) is -1.03. The minimum absolute atomic E-state index is 0.0686. The summed E-state index contributed by atoms with van der Waals surface area (Å²) in [5.41, 5.74) is 9.14. The molecule has 6 N–H and O–H groups in total. The average molecular weight is 773 g/mol. The molecule has 3 aromatic heterocycles. The standard InChI is InChI=1S/C30H30ClFN12O6S2/c1-49-38-21(25-37-30(34)52-40-25)26(45)36-22-27(46)44-23(29(47)48)15(13-51-28(22)44)11-42-5-3-20-41(6-7-43(20)42)12-17-18(31)8-14(9-19(17)32)24(33)39-50-16-2-4-35-10-16/h3,5-9,16,22,28,35H,2,4,10-13H2,1H3,(H5-,33,34,36,37,39,40,45,47,48)/b38-21-/t16?,22-,28-/m1/s1. The summed E-state index contributed by atoms with van der Waals surface area (Å²) >= 11 is 8.63. The number of thioether (sulfide) groups is 1. The van der Waals surface area contributed by atoms with Crippen molar-refractivity contribution in [3.8, 4) is 0 Å². The van der Waals surface area contributed by atoms with Crippen LogP contribution in [-0.2, 0) is 37.1 Å². The number of β-lactam (4-membered cyclic amide) rings is 1. The van der Waals surface area contributed by atoms with Gasteiger partial charge in [0.15, 0.2) is 23.5 Å². The first-order valence-corrected chi connectivity index (χ1v) is 17.9. The Kier molecular flexibility index (Phi) is 9.85. The van der Waals surface area contributed by atoms with E-state index in [1.54, 1.807) is 38.4 Å². The molecule has 1 aromatic carbocycles. The predicted molar refractivity (Wildman–Crippen MR) is 183 cm³/mol. The molecule has 272 valence electrons. The first-order valence-electron chi connectivity index (χ1n) is 15.7. The van der Waals surface area contributed by atoms with Crippen molar-refractivity contribution in [1.29, 1.82) is 5.41 Å². The molecule has 4 aromatic rings. The molecule has 2 amide bonds. The molecule has 0 spiro atoms. The number of nitrogens with one attached hydrogen (secondary N) is 4. The van der Waals surface area contributed by atoms with E-state index in [9.17, 15) is 19.5 Å². The van der Waals surface area contributed by atoms with Crippen molar-refractivity contribution in [3.05, 3.63) is 75.9 Å². The van der Waals surface area contributed by atoms with Crippen molar-refractivity contribution in [2.45, 2.75) is 37.0 Å². The number of oxime groups is 1. The first-order chi connectivity index (χ1) is 25.0. The lowest BCUT2D eigenvalue weighted by Crippen LogP contribution is -2.71. The van der Waals surface area contributed by atoms with E-state index in [0.717, 1.165) is 29.4 Å². The Labute approximate surface area is 307 Å². The van der Waals surface area contributed by atoms with Gasteiger partial charge in [-0.15, -0.1) is 21.0 Å². The molecule has 3 aliphatic rings. The van der Waals surface area contributed by atoms with Crippen molar-refractivity contribution >= 4 is 75.0 Å². The third-order valence-corrected chi connectivity index (χ3v) is 10.8. The molecule has 7 rings (SSSR count). The van der Waals surface area contributed by atoms with Crippen LogP contribution < -0.4 is 31.6 Å². The van der Waals surface area contributed by atoms with Crippen molar-refractivity contribution in [2.24, 2.45) is 5.16 Å². The van der Waals surface area contributed by atoms with E-state index in [2.05, 4.69) is 30.6 Å². The molecule has 2 fully saturated rings. The molecule has 0 bridgehead atoms. The molecule has 2 saturated heterocycles. The number of halogens is 2. The molecule has 22 heteroatoms. The van der Waals surface area contributed by atoms with Crippen LogP contribution >= 0.6 is 34.9 Å². The van der Waals surface area contributed by atoms with Crippen molar-refractivity contribution in [3.63, 3.8) is 0 Å². The molecule has 18 nitrogen and oxygen atoms in total. The molecule has 0 radical (unpaired) electrons. The summed E-state index contributed by atoms with van der Waals surface area (Å²) in [7, 11) is 1.23. The molecule has 3 atom stereocenters. The van der Waals surface area contributed by atoms with E-state index in [-0.39, 0.29) is 69.3 Å². The van der Waals surface area contributed by atoms with Crippen LogP contribution in [0, 0.1) is 11.2 Å². The number of hydrogen-bond acceptors (Lipinski definition) is 14. The highest BCUT2D eigenvalue weighted by Crippen LogP contribution is 2.40. The van der Waals surface area contributed by atoms with Gasteiger partial charge in [-0.25, -0.2) is 9.87 Å². The highest BCUT2D eigenvalue weighted by Gasteiger charge is 2.53. The molecule has 3 aliphatic heterocycles. The second-order valence-electron chi connectivity index (χ2n) is 11.8. The number of hydroxylamine groups is 1. The molecular formula is C30H30ClFN12O6S2. The third-order valence-electron chi connectivity index (χ3n) is 8.62. The summed E-state index contributed by atoms with van der Waals surface area (Å²) < 4.78 is 24.6. The van der Waals surface area contributed by atoms with Gasteiger partial charge in [0.25, 0.3) is 11.8 Å². The Morgan fingerprint density at radius 3 is 2.87 bits per heavy atom. The second-order valence-corrected chi connectivity index (χ2v) is 14.1. The zero-order valence-corrected chi connectivity index (χ0v) is 29.6. The monoisotopic (exact) mass is 772 g/mol. The van der Waals surface area contributed by atoms with Crippen LogP contribution in [0.2, 0.25) is 5.02 Å². The largest absolute Gasteiger partial charge is 0.543 e. The molecular weight excluding hydrogens is 743 g/mol. The van der Waals surface area contributed by atoms with Crippen LogP contribution in [0.25, 0.3) is 5.65 Å². The molecule has 6 heterocycles. The number of carboxylic acids is 1. The number of benzene rings is 1. The number of hydrogen-bond donors (Lipinski definition) is 5. The van der Waals surface area contributed by atoms with Crippen LogP contribution in [0.15, 0.2) is 53.2 Å². The van der Waals surface area contributed by atoms with Gasteiger partial charge in [0.2, 0.25) is 11.5 Å². The van der Waals surface area contributed by atoms with E-state index in [1.807, 2.05) is 0 Å². The Morgan fingerprint density at radius 2 is 2.17 bits per heavy atom. The fourth-order valence-electron chi connectivity index (χ4n) is 6.11. The fraction of sp³-hybridized carbons (Fsp3) is 0.333. The number of carboxylic acid groups (broad SMARTS) is 1. The van der Waals surface area contributed by atoms with E-state index in [4.69, 9.17) is 32.4 Å². The van der Waals surface area contributed by atoms with Gasteiger partial charge in [0.1, 0.15) is 30.2 Å². The number of fused-ring (bicyclic) bond motifs is 2. The zero-order chi connectivity index (χ0) is 36.7. The van der Waals surface area contributed by atoms with Crippen molar-refractivity contribution < 1.29 is 38.2 Å². The Hall–Kier alpha value is -5.09. The quantitative estimate of drug-likeness (QED) is 0.0383. The lowest BCUT2D eigenvalue weighted by molar-refractivity contribution is -0.753. The maximum Gasteiger partial charge on any atom is 0.278 e. The van der Waals surface area contributed by atoms with E-state index < -0.39 is 35.0 Å². The molecule has 0 aliphatic carbocycles. The van der Waals surface area contributed by atoms with Crippen molar-refractivity contribution in [2.75, 3.05) is 31.7 Å². The second kappa shape index (κ2) is 14.5. The number of anilines is 1. The van der Waals surface area contributed by atoms with E-state index >= 15 is 4.39 Å². The Morgan fingerprint density at radius 1 is 1.35 bits per heavy atom. The van der Waals surface area contributed by atoms with Gasteiger partial charge in [0, 0.05) is 51.7 Å². The maximum absolute atomic E-state index is 15.4. The van der Waals surface area contributed by atoms with E-state index in [1.165, 1.54) is 31.0 Å². The number of amides is 2. The highest BCUT2D eigenvalue weighted by atomic mass is 35.5.